The number of amides is 2. The van der Waals surface area contributed by atoms with E-state index in [9.17, 15) is 9.59 Å². The summed E-state index contributed by atoms with van der Waals surface area (Å²) in [4.78, 5) is 33.2. The number of fused-ring (bicyclic) bond motifs is 1. The zero-order chi connectivity index (χ0) is 26.2. The third-order valence-electron chi connectivity index (χ3n) is 6.49. The van der Waals surface area contributed by atoms with Crippen molar-refractivity contribution in [3.63, 3.8) is 0 Å². The molecular formula is C31H36N4O2. The number of carbonyl (C=O) groups excluding carboxylic acids is 2. The SMILES string of the molecule is CCCCCCNC(=O)c1ccc2c(c1)C(C(=Nc1ccc(CN(C)C)cc1)c1ccccc1)C(=O)N2. The molecule has 0 saturated heterocycles. The van der Waals surface area contributed by atoms with Gasteiger partial charge in [-0.15, -0.1) is 0 Å². The van der Waals surface area contributed by atoms with Gasteiger partial charge < -0.3 is 15.5 Å². The predicted molar refractivity (Wildman–Crippen MR) is 151 cm³/mol. The topological polar surface area (TPSA) is 73.8 Å². The Morgan fingerprint density at radius 1 is 0.946 bits per heavy atom. The fourth-order valence-electron chi connectivity index (χ4n) is 4.61. The van der Waals surface area contributed by atoms with Crippen molar-refractivity contribution >= 4 is 28.9 Å². The lowest BCUT2D eigenvalue weighted by atomic mass is 9.89. The van der Waals surface area contributed by atoms with Gasteiger partial charge in [-0.1, -0.05) is 68.7 Å². The molecule has 1 aliphatic rings. The van der Waals surface area contributed by atoms with Crippen LogP contribution in [0.2, 0.25) is 0 Å². The molecule has 1 unspecified atom stereocenters. The van der Waals surface area contributed by atoms with Crippen molar-refractivity contribution in [2.24, 2.45) is 4.99 Å². The van der Waals surface area contributed by atoms with Crippen LogP contribution in [0.4, 0.5) is 11.4 Å². The molecule has 6 heteroatoms. The molecule has 2 N–H and O–H groups in total. The molecule has 6 nitrogen and oxygen atoms in total. The fourth-order valence-corrected chi connectivity index (χ4v) is 4.61. The first kappa shape index (κ1) is 26.3. The quantitative estimate of drug-likeness (QED) is 0.256. The first-order chi connectivity index (χ1) is 18.0. The maximum Gasteiger partial charge on any atom is 0.251 e. The second-order valence-corrected chi connectivity index (χ2v) is 9.81. The Morgan fingerprint density at radius 3 is 2.41 bits per heavy atom. The largest absolute Gasteiger partial charge is 0.352 e. The molecule has 0 bridgehead atoms. The van der Waals surface area contributed by atoms with E-state index in [-0.39, 0.29) is 11.8 Å². The summed E-state index contributed by atoms with van der Waals surface area (Å²) < 4.78 is 0. The molecule has 0 aliphatic carbocycles. The highest BCUT2D eigenvalue weighted by Crippen LogP contribution is 2.37. The van der Waals surface area contributed by atoms with Crippen molar-refractivity contribution in [1.82, 2.24) is 10.2 Å². The summed E-state index contributed by atoms with van der Waals surface area (Å²) in [5, 5.41) is 6.01. The minimum Gasteiger partial charge on any atom is -0.352 e. The third-order valence-corrected chi connectivity index (χ3v) is 6.49. The molecule has 192 valence electrons. The van der Waals surface area contributed by atoms with Gasteiger partial charge in [0.15, 0.2) is 0 Å². The Bertz CT molecular complexity index is 1250. The summed E-state index contributed by atoms with van der Waals surface area (Å²) >= 11 is 0. The second kappa shape index (κ2) is 12.5. The number of benzene rings is 3. The normalized spacial score (nSPS) is 15.0. The van der Waals surface area contributed by atoms with Crippen LogP contribution in [-0.4, -0.2) is 43.1 Å². The molecule has 1 aliphatic heterocycles. The third kappa shape index (κ3) is 6.71. The predicted octanol–water partition coefficient (Wildman–Crippen LogP) is 5.92. The molecular weight excluding hydrogens is 460 g/mol. The maximum atomic E-state index is 13.3. The molecule has 2 amide bonds. The van der Waals surface area contributed by atoms with Crippen LogP contribution in [0, 0.1) is 0 Å². The molecule has 0 aromatic heterocycles. The standard InChI is InChI=1S/C31H36N4O2/c1-4-5-6-10-19-32-30(36)24-15-18-27-26(20-24)28(31(37)34-27)29(23-11-8-7-9-12-23)33-25-16-13-22(14-17-25)21-35(2)3/h7-9,11-18,20,28H,4-6,10,19,21H2,1-3H3,(H,32,36)(H,34,37). The smallest absolute Gasteiger partial charge is 0.251 e. The molecule has 0 saturated carbocycles. The summed E-state index contributed by atoms with van der Waals surface area (Å²) in [6, 6.07) is 23.3. The van der Waals surface area contributed by atoms with Gasteiger partial charge in [-0.25, -0.2) is 0 Å². The number of hydrogen-bond acceptors (Lipinski definition) is 4. The second-order valence-electron chi connectivity index (χ2n) is 9.81. The average Bonchev–Trinajstić information content (AvgIpc) is 3.23. The highest BCUT2D eigenvalue weighted by molar-refractivity contribution is 6.24. The van der Waals surface area contributed by atoms with E-state index in [4.69, 9.17) is 4.99 Å². The minimum absolute atomic E-state index is 0.118. The van der Waals surface area contributed by atoms with Gasteiger partial charge in [0.2, 0.25) is 5.91 Å². The zero-order valence-corrected chi connectivity index (χ0v) is 22.0. The number of unbranched alkanes of at least 4 members (excludes halogenated alkanes) is 3. The number of carbonyl (C=O) groups is 2. The van der Waals surface area contributed by atoms with Crippen LogP contribution >= 0.6 is 0 Å². The van der Waals surface area contributed by atoms with Crippen LogP contribution in [0.1, 0.15) is 65.6 Å². The summed E-state index contributed by atoms with van der Waals surface area (Å²) in [6.45, 7) is 3.66. The van der Waals surface area contributed by atoms with Crippen LogP contribution in [-0.2, 0) is 11.3 Å². The number of anilines is 1. The minimum atomic E-state index is -0.615. The van der Waals surface area contributed by atoms with E-state index in [2.05, 4.69) is 34.6 Å². The molecule has 3 aromatic carbocycles. The summed E-state index contributed by atoms with van der Waals surface area (Å²) in [5.74, 6) is -0.873. The number of rotatable bonds is 11. The van der Waals surface area contributed by atoms with Crippen molar-refractivity contribution in [3.05, 3.63) is 95.1 Å². The van der Waals surface area contributed by atoms with Crippen molar-refractivity contribution in [1.29, 1.82) is 0 Å². The van der Waals surface area contributed by atoms with Crippen LogP contribution in [0.15, 0.2) is 77.8 Å². The van der Waals surface area contributed by atoms with Gasteiger partial charge in [-0.2, -0.15) is 0 Å². The van der Waals surface area contributed by atoms with Crippen molar-refractivity contribution in [3.8, 4) is 0 Å². The average molecular weight is 497 g/mol. The van der Waals surface area contributed by atoms with E-state index < -0.39 is 5.92 Å². The Balaban J connectivity index is 1.65. The molecule has 0 spiro atoms. The first-order valence-electron chi connectivity index (χ1n) is 13.1. The van der Waals surface area contributed by atoms with Gasteiger partial charge in [-0.05, 0) is 67.5 Å². The monoisotopic (exact) mass is 496 g/mol. The molecule has 0 fully saturated rings. The van der Waals surface area contributed by atoms with E-state index in [1.807, 2.05) is 68.7 Å². The maximum absolute atomic E-state index is 13.3. The summed E-state index contributed by atoms with van der Waals surface area (Å²) in [7, 11) is 4.08. The number of nitrogens with zero attached hydrogens (tertiary/aromatic N) is 2. The van der Waals surface area contributed by atoms with Gasteiger partial charge in [-0.3, -0.25) is 14.6 Å². The van der Waals surface area contributed by atoms with Gasteiger partial charge >= 0.3 is 0 Å². The molecule has 1 heterocycles. The van der Waals surface area contributed by atoms with Gasteiger partial charge in [0.1, 0.15) is 5.92 Å². The van der Waals surface area contributed by atoms with Gasteiger partial charge in [0, 0.05) is 24.3 Å². The van der Waals surface area contributed by atoms with Crippen molar-refractivity contribution in [2.75, 3.05) is 26.0 Å². The van der Waals surface area contributed by atoms with E-state index in [1.54, 1.807) is 6.07 Å². The lowest BCUT2D eigenvalue weighted by Crippen LogP contribution is -2.25. The lowest BCUT2D eigenvalue weighted by molar-refractivity contribution is -0.115. The number of hydrogen-bond donors (Lipinski definition) is 2. The molecule has 3 aromatic rings. The zero-order valence-electron chi connectivity index (χ0n) is 22.0. The van der Waals surface area contributed by atoms with Gasteiger partial charge in [0.05, 0.1) is 11.4 Å². The Kier molecular flexibility index (Phi) is 8.86. The van der Waals surface area contributed by atoms with Crippen LogP contribution in [0.25, 0.3) is 0 Å². The van der Waals surface area contributed by atoms with Crippen molar-refractivity contribution < 1.29 is 9.59 Å². The Hall–Kier alpha value is -3.77. The van der Waals surface area contributed by atoms with E-state index in [0.717, 1.165) is 48.3 Å². The fraction of sp³-hybridized carbons (Fsp3) is 0.323. The van der Waals surface area contributed by atoms with Gasteiger partial charge in [0.25, 0.3) is 5.91 Å². The number of aliphatic imine (C=N–C) groups is 1. The van der Waals surface area contributed by atoms with E-state index in [1.165, 1.54) is 12.0 Å². The van der Waals surface area contributed by atoms with Crippen LogP contribution < -0.4 is 10.6 Å². The summed E-state index contributed by atoms with van der Waals surface area (Å²) in [5.41, 5.74) is 5.56. The highest BCUT2D eigenvalue weighted by atomic mass is 16.2. The van der Waals surface area contributed by atoms with Crippen LogP contribution in [0.3, 0.4) is 0 Å². The highest BCUT2D eigenvalue weighted by Gasteiger charge is 2.36. The molecule has 1 atom stereocenters. The van der Waals surface area contributed by atoms with Crippen molar-refractivity contribution in [2.45, 2.75) is 45.1 Å². The Labute approximate surface area is 219 Å². The first-order valence-corrected chi connectivity index (χ1v) is 13.1. The lowest BCUT2D eigenvalue weighted by Gasteiger charge is -2.15. The summed E-state index contributed by atoms with van der Waals surface area (Å²) in [6.07, 6.45) is 4.40. The molecule has 37 heavy (non-hydrogen) atoms. The van der Waals surface area contributed by atoms with Crippen LogP contribution in [0.5, 0.6) is 0 Å². The molecule has 0 radical (unpaired) electrons. The molecule has 4 rings (SSSR count). The Morgan fingerprint density at radius 2 is 1.70 bits per heavy atom. The number of nitrogens with one attached hydrogen (secondary N) is 2. The van der Waals surface area contributed by atoms with E-state index >= 15 is 0 Å². The van der Waals surface area contributed by atoms with E-state index in [0.29, 0.717) is 17.8 Å².